The van der Waals surface area contributed by atoms with E-state index in [1.165, 1.54) is 11.3 Å². The lowest BCUT2D eigenvalue weighted by molar-refractivity contribution is -0.158. The van der Waals surface area contributed by atoms with Crippen LogP contribution in [-0.2, 0) is 20.7 Å². The lowest BCUT2D eigenvalue weighted by Crippen LogP contribution is -2.27. The van der Waals surface area contributed by atoms with Crippen molar-refractivity contribution in [2.24, 2.45) is 5.92 Å². The number of halogens is 1. The number of rotatable bonds is 5. The Kier molecular flexibility index (Phi) is 4.76. The Morgan fingerprint density at radius 3 is 2.69 bits per heavy atom. The van der Waals surface area contributed by atoms with Crippen LogP contribution in [0.1, 0.15) is 11.8 Å². The third-order valence-corrected chi connectivity index (χ3v) is 3.16. The van der Waals surface area contributed by atoms with Gasteiger partial charge in [0.15, 0.2) is 5.92 Å². The van der Waals surface area contributed by atoms with Gasteiger partial charge in [-0.1, -0.05) is 11.6 Å². The van der Waals surface area contributed by atoms with Crippen molar-refractivity contribution in [3.8, 4) is 0 Å². The van der Waals surface area contributed by atoms with Crippen molar-refractivity contribution in [3.05, 3.63) is 21.3 Å². The first-order chi connectivity index (χ1) is 7.54. The summed E-state index contributed by atoms with van der Waals surface area (Å²) >= 11 is 6.98. The highest BCUT2D eigenvalue weighted by Crippen LogP contribution is 2.24. The summed E-state index contributed by atoms with van der Waals surface area (Å²) in [6.45, 7) is 1.81. The molecule has 0 saturated carbocycles. The van der Waals surface area contributed by atoms with E-state index in [2.05, 4.69) is 0 Å². The molecule has 1 unspecified atom stereocenters. The molecule has 0 aliphatic rings. The van der Waals surface area contributed by atoms with Gasteiger partial charge in [0.25, 0.3) is 0 Å². The van der Waals surface area contributed by atoms with Crippen LogP contribution < -0.4 is 0 Å². The number of carbonyl (C=O) groups is 2. The van der Waals surface area contributed by atoms with Crippen LogP contribution in [0.4, 0.5) is 0 Å². The van der Waals surface area contributed by atoms with Crippen LogP contribution in [-0.4, -0.2) is 23.7 Å². The first kappa shape index (κ1) is 13.0. The fraction of sp³-hybridized carbons (Fsp3) is 0.400. The van der Waals surface area contributed by atoms with E-state index >= 15 is 0 Å². The maximum absolute atomic E-state index is 11.4. The number of hydrogen-bond acceptors (Lipinski definition) is 4. The number of ether oxygens (including phenoxy) is 1. The summed E-state index contributed by atoms with van der Waals surface area (Å²) in [6.07, 6.45) is 0.117. The normalized spacial score (nSPS) is 12.1. The van der Waals surface area contributed by atoms with Crippen LogP contribution in [0, 0.1) is 5.92 Å². The van der Waals surface area contributed by atoms with Crippen molar-refractivity contribution in [2.45, 2.75) is 13.3 Å². The zero-order valence-electron chi connectivity index (χ0n) is 8.60. The Labute approximate surface area is 102 Å². The fourth-order valence-electron chi connectivity index (χ4n) is 1.18. The van der Waals surface area contributed by atoms with Gasteiger partial charge >= 0.3 is 11.9 Å². The van der Waals surface area contributed by atoms with Gasteiger partial charge in [0.1, 0.15) is 0 Å². The standard InChI is InChI=1S/C10H11ClO4S/c1-2-15-10(14)7(9(12)13)5-6-3-4-8(11)16-6/h3-4,7H,2,5H2,1H3,(H,12,13). The van der Waals surface area contributed by atoms with E-state index < -0.39 is 17.9 Å². The smallest absolute Gasteiger partial charge is 0.320 e. The van der Waals surface area contributed by atoms with Crippen LogP contribution in [0.3, 0.4) is 0 Å². The molecule has 16 heavy (non-hydrogen) atoms. The van der Waals surface area contributed by atoms with Gasteiger partial charge in [-0.15, -0.1) is 11.3 Å². The number of thiophene rings is 1. The van der Waals surface area contributed by atoms with Crippen molar-refractivity contribution in [1.82, 2.24) is 0 Å². The molecule has 0 radical (unpaired) electrons. The second kappa shape index (κ2) is 5.86. The van der Waals surface area contributed by atoms with Crippen LogP contribution in [0.15, 0.2) is 12.1 Å². The van der Waals surface area contributed by atoms with Gasteiger partial charge in [0.2, 0.25) is 0 Å². The van der Waals surface area contributed by atoms with Gasteiger partial charge in [-0.2, -0.15) is 0 Å². The van der Waals surface area contributed by atoms with Gasteiger partial charge in [0, 0.05) is 11.3 Å². The summed E-state index contributed by atoms with van der Waals surface area (Å²) in [5, 5.41) is 8.91. The minimum absolute atomic E-state index is 0.117. The molecule has 0 aromatic carbocycles. The second-order valence-corrected chi connectivity index (χ2v) is 4.85. The Bertz CT molecular complexity index is 388. The van der Waals surface area contributed by atoms with Crippen LogP contribution >= 0.6 is 22.9 Å². The molecule has 88 valence electrons. The molecular weight excluding hydrogens is 252 g/mol. The minimum atomic E-state index is -1.18. The Morgan fingerprint density at radius 1 is 1.56 bits per heavy atom. The SMILES string of the molecule is CCOC(=O)C(Cc1ccc(Cl)s1)C(=O)O. The molecule has 0 bridgehead atoms. The first-order valence-electron chi connectivity index (χ1n) is 4.68. The van der Waals surface area contributed by atoms with E-state index in [0.29, 0.717) is 4.34 Å². The predicted molar refractivity (Wildman–Crippen MR) is 60.8 cm³/mol. The molecule has 1 aromatic heterocycles. The Morgan fingerprint density at radius 2 is 2.25 bits per heavy atom. The topological polar surface area (TPSA) is 63.6 Å². The molecule has 0 amide bonds. The summed E-state index contributed by atoms with van der Waals surface area (Å²) in [5.74, 6) is -3.04. The minimum Gasteiger partial charge on any atom is -0.481 e. The number of hydrogen-bond donors (Lipinski definition) is 1. The van der Waals surface area contributed by atoms with Gasteiger partial charge in [-0.25, -0.2) is 0 Å². The lowest BCUT2D eigenvalue weighted by Gasteiger charge is -2.09. The predicted octanol–water partition coefficient (Wildman–Crippen LogP) is 2.21. The van der Waals surface area contributed by atoms with Crippen molar-refractivity contribution >= 4 is 34.9 Å². The van der Waals surface area contributed by atoms with Crippen molar-refractivity contribution in [2.75, 3.05) is 6.61 Å². The molecule has 1 rings (SSSR count). The van der Waals surface area contributed by atoms with Crippen molar-refractivity contribution in [1.29, 1.82) is 0 Å². The van der Waals surface area contributed by atoms with Crippen LogP contribution in [0.2, 0.25) is 4.34 Å². The molecular formula is C10H11ClO4S. The molecule has 0 fully saturated rings. The highest BCUT2D eigenvalue weighted by Gasteiger charge is 2.28. The van der Waals surface area contributed by atoms with E-state index in [9.17, 15) is 9.59 Å². The number of esters is 1. The van der Waals surface area contributed by atoms with E-state index in [1.54, 1.807) is 19.1 Å². The summed E-state index contributed by atoms with van der Waals surface area (Å²) in [7, 11) is 0. The maximum atomic E-state index is 11.4. The fourth-order valence-corrected chi connectivity index (χ4v) is 2.31. The molecule has 4 nitrogen and oxygen atoms in total. The molecule has 0 saturated heterocycles. The largest absolute Gasteiger partial charge is 0.481 e. The quantitative estimate of drug-likeness (QED) is 0.653. The molecule has 0 aliphatic carbocycles. The van der Waals surface area contributed by atoms with E-state index in [4.69, 9.17) is 21.4 Å². The Balaban J connectivity index is 2.72. The van der Waals surface area contributed by atoms with Gasteiger partial charge in [-0.3, -0.25) is 9.59 Å². The van der Waals surface area contributed by atoms with E-state index in [1.807, 2.05) is 0 Å². The van der Waals surface area contributed by atoms with Crippen LogP contribution in [0.5, 0.6) is 0 Å². The highest BCUT2D eigenvalue weighted by molar-refractivity contribution is 7.16. The third-order valence-electron chi connectivity index (χ3n) is 1.90. The second-order valence-electron chi connectivity index (χ2n) is 3.05. The molecule has 0 aliphatic heterocycles. The third kappa shape index (κ3) is 3.50. The summed E-state index contributed by atoms with van der Waals surface area (Å²) < 4.78 is 5.27. The maximum Gasteiger partial charge on any atom is 0.320 e. The van der Waals surface area contributed by atoms with Crippen LogP contribution in [0.25, 0.3) is 0 Å². The molecule has 1 atom stereocenters. The average molecular weight is 263 g/mol. The number of carboxylic acid groups (broad SMARTS) is 1. The lowest BCUT2D eigenvalue weighted by atomic mass is 10.1. The first-order valence-corrected chi connectivity index (χ1v) is 5.87. The van der Waals surface area contributed by atoms with Crippen molar-refractivity contribution in [3.63, 3.8) is 0 Å². The zero-order valence-corrected chi connectivity index (χ0v) is 10.2. The van der Waals surface area contributed by atoms with Gasteiger partial charge in [0.05, 0.1) is 10.9 Å². The molecule has 1 N–H and O–H groups in total. The molecule has 1 heterocycles. The summed E-state index contributed by atoms with van der Waals surface area (Å²) in [4.78, 5) is 23.0. The Hall–Kier alpha value is -1.07. The molecule has 0 spiro atoms. The number of carboxylic acids is 1. The van der Waals surface area contributed by atoms with Gasteiger partial charge < -0.3 is 9.84 Å². The zero-order chi connectivity index (χ0) is 12.1. The monoisotopic (exact) mass is 262 g/mol. The summed E-state index contributed by atoms with van der Waals surface area (Å²) in [5.41, 5.74) is 0. The molecule has 1 aromatic rings. The number of aliphatic carboxylic acids is 1. The highest BCUT2D eigenvalue weighted by atomic mass is 35.5. The number of carbonyl (C=O) groups excluding carboxylic acids is 1. The average Bonchev–Trinajstić information content (AvgIpc) is 2.60. The van der Waals surface area contributed by atoms with Gasteiger partial charge in [-0.05, 0) is 19.1 Å². The summed E-state index contributed by atoms with van der Waals surface area (Å²) in [6, 6.07) is 3.38. The van der Waals surface area contributed by atoms with Crippen molar-refractivity contribution < 1.29 is 19.4 Å². The molecule has 6 heteroatoms. The van der Waals surface area contributed by atoms with E-state index in [-0.39, 0.29) is 13.0 Å². The van der Waals surface area contributed by atoms with E-state index in [0.717, 1.165) is 4.88 Å².